The molecule has 0 aromatic carbocycles. The van der Waals surface area contributed by atoms with Gasteiger partial charge in [-0.2, -0.15) is 0 Å². The van der Waals surface area contributed by atoms with Crippen LogP contribution in [0, 0.1) is 5.92 Å². The molecule has 24 aliphatic heterocycles. The second-order valence-electron chi connectivity index (χ2n) is 50.8. The maximum Gasteiger partial charge on any atom is 0.148 e. The minimum Gasteiger partial charge on any atom is -0.393 e. The number of aliphatic hydroxyl groups is 14. The van der Waals surface area contributed by atoms with Crippen LogP contribution in [0.5, 0.6) is 0 Å². The van der Waals surface area contributed by atoms with Crippen molar-refractivity contribution in [2.45, 2.75) is 611 Å². The van der Waals surface area contributed by atoms with Crippen molar-refractivity contribution >= 4 is 6.29 Å². The third kappa shape index (κ3) is 17.9. The third-order valence-electron chi connectivity index (χ3n) is 40.6. The van der Waals surface area contributed by atoms with Crippen LogP contribution >= 0.6 is 0 Å². The lowest BCUT2D eigenvalue weighted by atomic mass is 9.68. The number of carbonyl (C=O) groups excluding carboxylic acids is 1. The predicted octanol–water partition coefficient (Wildman–Crippen LogP) is 1.64. The molecule has 22 fully saturated rings. The van der Waals surface area contributed by atoms with E-state index in [1.165, 1.54) is 0 Å². The number of aldehydes is 1. The zero-order chi connectivity index (χ0) is 102. The van der Waals surface area contributed by atoms with E-state index in [0.717, 1.165) is 0 Å². The Kier molecular flexibility index (Phi) is 27.6. The summed E-state index contributed by atoms with van der Waals surface area (Å²) in [6.45, 7) is 23.3. The minimum atomic E-state index is -1.96. The zero-order valence-corrected chi connectivity index (χ0v) is 85.8. The van der Waals surface area contributed by atoms with Gasteiger partial charge in [-0.15, -0.1) is 0 Å². The summed E-state index contributed by atoms with van der Waals surface area (Å²) in [5, 5.41) is 164. The van der Waals surface area contributed by atoms with Gasteiger partial charge in [-0.05, 0) is 121 Å². The van der Waals surface area contributed by atoms with Crippen molar-refractivity contribution in [3.63, 3.8) is 0 Å². The largest absolute Gasteiger partial charge is 0.393 e. The fourth-order valence-electron chi connectivity index (χ4n) is 31.5. The van der Waals surface area contributed by atoms with Crippen molar-refractivity contribution in [2.75, 3.05) is 6.61 Å². The van der Waals surface area contributed by atoms with Crippen molar-refractivity contribution in [2.24, 2.45) is 5.92 Å². The van der Waals surface area contributed by atoms with Crippen molar-refractivity contribution in [1.82, 2.24) is 0 Å². The van der Waals surface area contributed by atoms with Gasteiger partial charge in [-0.25, -0.2) is 0 Å². The Morgan fingerprint density at radius 2 is 0.925 bits per heavy atom. The van der Waals surface area contributed by atoms with Gasteiger partial charge in [0.25, 0.3) is 0 Å². The topological polar surface area (TPSA) is 522 Å². The molecule has 62 atom stereocenters. The van der Waals surface area contributed by atoms with Crippen LogP contribution in [0.4, 0.5) is 0 Å². The second-order valence-corrected chi connectivity index (χ2v) is 50.8. The smallest absolute Gasteiger partial charge is 0.148 e. The molecule has 39 nitrogen and oxygen atoms in total. The second kappa shape index (κ2) is 38.4. The van der Waals surface area contributed by atoms with Gasteiger partial charge in [0.05, 0.1) is 278 Å². The zero-order valence-electron chi connectivity index (χ0n) is 85.8. The Morgan fingerprint density at radius 3 is 1.66 bits per heavy atom. The molecule has 14 N–H and O–H groups in total. The molecular formula is C107H160O39. The number of fused-ring (bicyclic) bond motifs is 20. The first-order valence-electron chi connectivity index (χ1n) is 55.2. The Hall–Kier alpha value is -2.63. The van der Waals surface area contributed by atoms with Crippen LogP contribution in [0.3, 0.4) is 0 Å². The van der Waals surface area contributed by atoms with E-state index < -0.39 is 343 Å². The first kappa shape index (κ1) is 105. The highest BCUT2D eigenvalue weighted by Gasteiger charge is 2.74. The van der Waals surface area contributed by atoms with Gasteiger partial charge in [0, 0.05) is 127 Å². The molecule has 39 heteroatoms. The number of rotatable bonds is 13. The lowest BCUT2D eigenvalue weighted by Crippen LogP contribution is -2.77. The van der Waals surface area contributed by atoms with Crippen LogP contribution in [0.25, 0.3) is 0 Å². The monoisotopic (exact) mass is 2070 g/mol. The highest BCUT2D eigenvalue weighted by atomic mass is 16.7. The first-order chi connectivity index (χ1) is 69.2. The molecule has 0 aromatic rings. The molecule has 24 aliphatic rings. The van der Waals surface area contributed by atoms with Crippen molar-refractivity contribution < 1.29 is 190 Å². The fourth-order valence-corrected chi connectivity index (χ4v) is 31.5. The quantitative estimate of drug-likeness (QED) is 0.0708. The number of ether oxygens (including phenoxy) is 24. The highest BCUT2D eigenvalue weighted by Crippen LogP contribution is 2.62. The van der Waals surface area contributed by atoms with Crippen LogP contribution in [0.2, 0.25) is 0 Å². The van der Waals surface area contributed by atoms with Crippen LogP contribution < -0.4 is 0 Å². The molecule has 0 spiro atoms. The van der Waals surface area contributed by atoms with Gasteiger partial charge >= 0.3 is 0 Å². The van der Waals surface area contributed by atoms with E-state index >= 15 is 0 Å². The summed E-state index contributed by atoms with van der Waals surface area (Å²) in [4.78, 5) is 11.5. The number of carbonyl (C=O) groups is 1. The summed E-state index contributed by atoms with van der Waals surface area (Å²) < 4.78 is 167. The highest BCUT2D eigenvalue weighted by molar-refractivity contribution is 5.73. The van der Waals surface area contributed by atoms with Crippen LogP contribution in [0.1, 0.15) is 244 Å². The Bertz CT molecular complexity index is 4790. The van der Waals surface area contributed by atoms with Crippen LogP contribution in [-0.2, 0) is 118 Å². The van der Waals surface area contributed by atoms with Crippen molar-refractivity contribution in [1.29, 1.82) is 0 Å². The van der Waals surface area contributed by atoms with Crippen LogP contribution in [-0.4, -0.2) is 452 Å². The predicted molar refractivity (Wildman–Crippen MR) is 502 cm³/mol. The molecule has 0 saturated carbocycles. The maximum atomic E-state index is 12.9. The summed E-state index contributed by atoms with van der Waals surface area (Å²) in [6.07, 6.45) is -22.8. The van der Waals surface area contributed by atoms with E-state index in [9.17, 15) is 76.3 Å². The maximum absolute atomic E-state index is 12.9. The first-order valence-corrected chi connectivity index (χ1v) is 55.2. The molecule has 24 heterocycles. The Morgan fingerprint density at radius 1 is 0.370 bits per heavy atom. The number of hydrogen-bond acceptors (Lipinski definition) is 39. The van der Waals surface area contributed by atoms with E-state index in [1.807, 2.05) is 66.7 Å². The lowest BCUT2D eigenvalue weighted by molar-refractivity contribution is -0.404. The summed E-state index contributed by atoms with van der Waals surface area (Å²) in [7, 11) is 0. The molecule has 0 bridgehead atoms. The molecule has 0 amide bonds. The van der Waals surface area contributed by atoms with Crippen LogP contribution in [0.15, 0.2) is 36.0 Å². The fraction of sp³-hybridized carbons (Fsp3) is 0.935. The van der Waals surface area contributed by atoms with Gasteiger partial charge < -0.3 is 185 Å². The molecular weight excluding hydrogens is 1910 g/mol. The minimum absolute atomic E-state index is 0.0545. The van der Waals surface area contributed by atoms with E-state index in [0.29, 0.717) is 127 Å². The molecule has 24 rings (SSSR count). The van der Waals surface area contributed by atoms with Crippen molar-refractivity contribution in [3.8, 4) is 0 Å². The van der Waals surface area contributed by atoms with E-state index in [1.54, 1.807) is 13.0 Å². The summed E-state index contributed by atoms with van der Waals surface area (Å²) in [5.41, 5.74) is -9.78. The molecule has 0 radical (unpaired) electrons. The molecule has 822 valence electrons. The van der Waals surface area contributed by atoms with E-state index in [-0.39, 0.29) is 81.6 Å². The van der Waals surface area contributed by atoms with Gasteiger partial charge in [0.15, 0.2) is 0 Å². The van der Waals surface area contributed by atoms with Crippen molar-refractivity contribution in [3.05, 3.63) is 36.0 Å². The normalized spacial score (nSPS) is 59.1. The van der Waals surface area contributed by atoms with Gasteiger partial charge in [0.1, 0.15) is 102 Å². The number of hydrogen-bond donors (Lipinski definition) is 14. The standard InChI is InChI=1S/C107H160O39/c1-45(46(2)110)53-15-16-54(124-53)58-27-51(113)92-71(129-58)32-64-66(135-92)31-62-63(128-64)30-65-59(126-62)28-52(114)93(136-65)90(120)70-26-50(112)88(118)96(137-70)87(117)49(111)25-69-89(119)91(121)94-73(130-69)35-79-98(3,143-94)24-22-57-61(132-79)29-60-55(125-57)17-18-56-68(127-60)34-75(115)105(10)82(131-56)37-83-106(11,146-105)76(116)39-100(5)84(139-83)40-104(9)81(141-100)36-80-102(7,145-104)38-74-67(133-80)33-72-95(138-74)97(122)107(12)86(134-72)42-101(6)85(142-107)41-103(8)78(140-101)20-19-77-99(4,144-103)23-21-48(123-77)14-13-47(43-108)44-109/h13,15-16,21,23,43,45-46,48-97,109-122H,14,17-20,22,24-42,44H2,1-12H3/b47-13-. The average molecular weight is 2070 g/mol. The third-order valence-corrected chi connectivity index (χ3v) is 40.6. The number of aliphatic hydroxyl groups excluding tert-OH is 14. The molecule has 22 saturated heterocycles. The Balaban J connectivity index is 0.384. The van der Waals surface area contributed by atoms with E-state index in [4.69, 9.17) is 114 Å². The summed E-state index contributed by atoms with van der Waals surface area (Å²) >= 11 is 0. The lowest BCUT2D eigenvalue weighted by Gasteiger charge is -2.65. The molecule has 0 aromatic heterocycles. The molecule has 146 heavy (non-hydrogen) atoms. The summed E-state index contributed by atoms with van der Waals surface area (Å²) in [5.74, 6) is -0.139. The van der Waals surface area contributed by atoms with E-state index in [2.05, 4.69) is 33.8 Å². The van der Waals surface area contributed by atoms with Gasteiger partial charge in [-0.1, -0.05) is 37.3 Å². The Labute approximate surface area is 851 Å². The van der Waals surface area contributed by atoms with Gasteiger partial charge in [-0.3, -0.25) is 4.79 Å². The molecule has 62 unspecified atom stereocenters. The SMILES string of the molecule is CC(O)C(C)C1C=CC(C2CC(O)C3OC4CC5OC6CC(O)C(C(O)C7CC(O)C(O)C(C(O)C(O)CC8OC9CC%10OC%11CC%12OC%13CC(O)C%14(C)OC%15(C)C(O)CC%16(C)OC%17CC%18OC%19CC%20OC%21CC%22(C)OC%23CCC%24OC(C/C=C(/C=O)CO)C=CC%24(C)OC%23(C)CC%22OC%21(C)C(O)C%20OC%19CC%18(C)OC%17(C)CC%16OC%15CC%14OC%13CCC%12OC%11CCC%10(C)OC9C(O)C8O)O7)OC6CC5OC4CC3O2)O1. The van der Waals surface area contributed by atoms with Gasteiger partial charge in [0.2, 0.25) is 0 Å². The summed E-state index contributed by atoms with van der Waals surface area (Å²) in [6, 6.07) is 0. The molecule has 0 aliphatic carbocycles. The average Bonchev–Trinajstić information content (AvgIpc) is 0.811.